The van der Waals surface area contributed by atoms with Crippen LogP contribution in [0, 0.1) is 0 Å². The monoisotopic (exact) mass is 383 g/mol. The zero-order valence-electron chi connectivity index (χ0n) is 16.6. The van der Waals surface area contributed by atoms with Gasteiger partial charge < -0.3 is 14.8 Å². The fourth-order valence-corrected chi connectivity index (χ4v) is 2.55. The highest BCUT2D eigenvalue weighted by Gasteiger charge is 2.09. The molecule has 0 fully saturated rings. The number of ether oxygens (including phenoxy) is 2. The zero-order valence-corrected chi connectivity index (χ0v) is 16.6. The Hall–Kier alpha value is -2.82. The second-order valence-electron chi connectivity index (χ2n) is 6.72. The molecule has 2 aromatic carbocycles. The lowest BCUT2D eigenvalue weighted by molar-refractivity contribution is -0.144. The SMILES string of the molecule is CCC(C)Oc1ccc(NC(=O)CCC(=O)OCCCc2ccccc2)cc1. The number of anilines is 1. The van der Waals surface area contributed by atoms with Gasteiger partial charge in [0.1, 0.15) is 5.75 Å². The van der Waals surface area contributed by atoms with Crippen LogP contribution in [0.25, 0.3) is 0 Å². The summed E-state index contributed by atoms with van der Waals surface area (Å²) in [4.78, 5) is 23.8. The van der Waals surface area contributed by atoms with Crippen LogP contribution in [-0.4, -0.2) is 24.6 Å². The molecule has 0 aliphatic rings. The van der Waals surface area contributed by atoms with Crippen LogP contribution in [-0.2, 0) is 20.7 Å². The van der Waals surface area contributed by atoms with Crippen molar-refractivity contribution < 1.29 is 19.1 Å². The number of amides is 1. The lowest BCUT2D eigenvalue weighted by atomic mass is 10.1. The maximum Gasteiger partial charge on any atom is 0.306 e. The second kappa shape index (κ2) is 11.8. The van der Waals surface area contributed by atoms with Crippen molar-refractivity contribution in [3.8, 4) is 5.75 Å². The molecule has 1 amide bonds. The molecule has 0 spiro atoms. The first kappa shape index (κ1) is 21.5. The molecule has 0 aromatic heterocycles. The summed E-state index contributed by atoms with van der Waals surface area (Å²) in [5, 5.41) is 2.78. The van der Waals surface area contributed by atoms with Gasteiger partial charge in [0.2, 0.25) is 5.91 Å². The van der Waals surface area contributed by atoms with Gasteiger partial charge in [-0.25, -0.2) is 0 Å². The van der Waals surface area contributed by atoms with Crippen molar-refractivity contribution in [1.29, 1.82) is 0 Å². The predicted molar refractivity (Wildman–Crippen MR) is 110 cm³/mol. The summed E-state index contributed by atoms with van der Waals surface area (Å²) in [6.07, 6.45) is 2.90. The van der Waals surface area contributed by atoms with Crippen LogP contribution in [0.15, 0.2) is 54.6 Å². The topological polar surface area (TPSA) is 64.6 Å². The number of carbonyl (C=O) groups excluding carboxylic acids is 2. The molecule has 0 radical (unpaired) electrons. The molecular weight excluding hydrogens is 354 g/mol. The largest absolute Gasteiger partial charge is 0.491 e. The van der Waals surface area contributed by atoms with Crippen LogP contribution in [0.4, 0.5) is 5.69 Å². The smallest absolute Gasteiger partial charge is 0.306 e. The average Bonchev–Trinajstić information content (AvgIpc) is 2.72. The molecule has 0 bridgehead atoms. The Labute approximate surface area is 167 Å². The molecule has 1 atom stereocenters. The van der Waals surface area contributed by atoms with Crippen molar-refractivity contribution in [1.82, 2.24) is 0 Å². The van der Waals surface area contributed by atoms with Gasteiger partial charge in [-0.05, 0) is 56.0 Å². The summed E-state index contributed by atoms with van der Waals surface area (Å²) in [5.41, 5.74) is 1.90. The second-order valence-corrected chi connectivity index (χ2v) is 6.72. The third kappa shape index (κ3) is 8.25. The van der Waals surface area contributed by atoms with E-state index in [1.54, 1.807) is 12.1 Å². The van der Waals surface area contributed by atoms with Gasteiger partial charge in [-0.15, -0.1) is 0 Å². The summed E-state index contributed by atoms with van der Waals surface area (Å²) in [6.45, 7) is 4.44. The Morgan fingerprint density at radius 1 is 1.00 bits per heavy atom. The van der Waals surface area contributed by atoms with Gasteiger partial charge in [0.05, 0.1) is 19.1 Å². The van der Waals surface area contributed by atoms with E-state index in [0.717, 1.165) is 25.0 Å². The molecule has 5 nitrogen and oxygen atoms in total. The number of carbonyl (C=O) groups is 2. The summed E-state index contributed by atoms with van der Waals surface area (Å²) in [7, 11) is 0. The number of aryl methyl sites for hydroxylation is 1. The first-order valence-corrected chi connectivity index (χ1v) is 9.83. The normalized spacial score (nSPS) is 11.5. The molecule has 28 heavy (non-hydrogen) atoms. The Kier molecular flexibility index (Phi) is 9.05. The van der Waals surface area contributed by atoms with Crippen LogP contribution in [0.2, 0.25) is 0 Å². The highest BCUT2D eigenvalue weighted by molar-refractivity contribution is 5.92. The molecule has 2 aromatic rings. The van der Waals surface area contributed by atoms with Crippen molar-refractivity contribution in [2.75, 3.05) is 11.9 Å². The molecular formula is C23H29NO4. The van der Waals surface area contributed by atoms with Gasteiger partial charge in [0.25, 0.3) is 0 Å². The van der Waals surface area contributed by atoms with Crippen LogP contribution in [0.3, 0.4) is 0 Å². The summed E-state index contributed by atoms with van der Waals surface area (Å²) in [6, 6.07) is 17.3. The standard InChI is InChI=1S/C23H29NO4/c1-3-18(2)28-21-13-11-20(12-14-21)24-22(25)15-16-23(26)27-17-7-10-19-8-5-4-6-9-19/h4-6,8-9,11-14,18H,3,7,10,15-17H2,1-2H3,(H,24,25). The molecule has 1 unspecified atom stereocenters. The number of hydrogen-bond donors (Lipinski definition) is 1. The van der Waals surface area contributed by atoms with Crippen LogP contribution in [0.5, 0.6) is 5.75 Å². The molecule has 0 aliphatic carbocycles. The fraction of sp³-hybridized carbons (Fsp3) is 0.391. The average molecular weight is 383 g/mol. The summed E-state index contributed by atoms with van der Waals surface area (Å²) < 4.78 is 10.9. The summed E-state index contributed by atoms with van der Waals surface area (Å²) in [5.74, 6) is 0.212. The Morgan fingerprint density at radius 2 is 1.71 bits per heavy atom. The molecule has 5 heteroatoms. The highest BCUT2D eigenvalue weighted by atomic mass is 16.5. The zero-order chi connectivity index (χ0) is 20.2. The van der Waals surface area contributed by atoms with Crippen molar-refractivity contribution in [2.45, 2.75) is 52.1 Å². The van der Waals surface area contributed by atoms with Crippen LogP contribution >= 0.6 is 0 Å². The number of hydrogen-bond acceptors (Lipinski definition) is 4. The fourth-order valence-electron chi connectivity index (χ4n) is 2.55. The lowest BCUT2D eigenvalue weighted by Gasteiger charge is -2.13. The quantitative estimate of drug-likeness (QED) is 0.449. The number of rotatable bonds is 11. The van der Waals surface area contributed by atoms with E-state index in [0.29, 0.717) is 12.3 Å². The molecule has 1 N–H and O–H groups in total. The minimum atomic E-state index is -0.347. The van der Waals surface area contributed by atoms with E-state index in [4.69, 9.17) is 9.47 Å². The lowest BCUT2D eigenvalue weighted by Crippen LogP contribution is -2.15. The molecule has 0 saturated carbocycles. The van der Waals surface area contributed by atoms with E-state index in [2.05, 4.69) is 24.4 Å². The van der Waals surface area contributed by atoms with Gasteiger partial charge in [0.15, 0.2) is 0 Å². The minimum absolute atomic E-state index is 0.0758. The van der Waals surface area contributed by atoms with Gasteiger partial charge in [-0.2, -0.15) is 0 Å². The third-order valence-electron chi connectivity index (χ3n) is 4.32. The first-order chi connectivity index (χ1) is 13.6. The van der Waals surface area contributed by atoms with Gasteiger partial charge in [0, 0.05) is 12.1 Å². The Morgan fingerprint density at radius 3 is 2.39 bits per heavy atom. The van der Waals surface area contributed by atoms with Crippen molar-refractivity contribution in [3.05, 3.63) is 60.2 Å². The number of nitrogens with one attached hydrogen (secondary N) is 1. The third-order valence-corrected chi connectivity index (χ3v) is 4.32. The van der Waals surface area contributed by atoms with E-state index >= 15 is 0 Å². The minimum Gasteiger partial charge on any atom is -0.491 e. The number of benzene rings is 2. The molecule has 150 valence electrons. The van der Waals surface area contributed by atoms with Crippen molar-refractivity contribution in [3.63, 3.8) is 0 Å². The summed E-state index contributed by atoms with van der Waals surface area (Å²) >= 11 is 0. The van der Waals surface area contributed by atoms with E-state index in [1.807, 2.05) is 37.3 Å². The van der Waals surface area contributed by atoms with E-state index in [1.165, 1.54) is 5.56 Å². The van der Waals surface area contributed by atoms with E-state index < -0.39 is 0 Å². The van der Waals surface area contributed by atoms with Gasteiger partial charge >= 0.3 is 5.97 Å². The Bertz CT molecular complexity index is 728. The van der Waals surface area contributed by atoms with Gasteiger partial charge in [-0.3, -0.25) is 9.59 Å². The maximum absolute atomic E-state index is 12.0. The van der Waals surface area contributed by atoms with Crippen molar-refractivity contribution in [2.24, 2.45) is 0 Å². The van der Waals surface area contributed by atoms with Crippen molar-refractivity contribution >= 4 is 17.6 Å². The van der Waals surface area contributed by atoms with Crippen LogP contribution in [0.1, 0.15) is 45.1 Å². The molecule has 0 heterocycles. The maximum atomic E-state index is 12.0. The molecule has 0 aliphatic heterocycles. The predicted octanol–water partition coefficient (Wildman–Crippen LogP) is 4.76. The number of esters is 1. The van der Waals surface area contributed by atoms with E-state index in [9.17, 15) is 9.59 Å². The van der Waals surface area contributed by atoms with E-state index in [-0.39, 0.29) is 30.8 Å². The molecule has 2 rings (SSSR count). The highest BCUT2D eigenvalue weighted by Crippen LogP contribution is 2.18. The molecule has 0 saturated heterocycles. The van der Waals surface area contributed by atoms with Gasteiger partial charge in [-0.1, -0.05) is 37.3 Å². The first-order valence-electron chi connectivity index (χ1n) is 9.83. The Balaban J connectivity index is 1.61. The van der Waals surface area contributed by atoms with Crippen LogP contribution < -0.4 is 10.1 Å².